The normalized spacial score (nSPS) is 10.2. The third kappa shape index (κ3) is 1.83. The molecule has 1 aromatic heterocycles. The Morgan fingerprint density at radius 2 is 2.31 bits per heavy atom. The average molecular weight is 205 g/mol. The number of ether oxygens (including phenoxy) is 1. The standard InChI is InChI=1S/C8H11ClNO3/c1-4-12-8(11)6-5(2)10(3)13-7(6)9/h4H2,1-3H3/q+1. The van der Waals surface area contributed by atoms with Crippen molar-refractivity contribution in [2.75, 3.05) is 6.61 Å². The molecule has 0 amide bonds. The van der Waals surface area contributed by atoms with Crippen LogP contribution in [-0.2, 0) is 11.8 Å². The molecule has 0 unspecified atom stereocenters. The number of aromatic nitrogens is 1. The smallest absolute Gasteiger partial charge is 0.349 e. The fourth-order valence-corrected chi connectivity index (χ4v) is 1.28. The Morgan fingerprint density at radius 1 is 1.69 bits per heavy atom. The molecule has 72 valence electrons. The molecule has 13 heavy (non-hydrogen) atoms. The highest BCUT2D eigenvalue weighted by molar-refractivity contribution is 6.31. The van der Waals surface area contributed by atoms with Gasteiger partial charge in [0.25, 0.3) is 5.22 Å². The third-order valence-electron chi connectivity index (χ3n) is 1.73. The summed E-state index contributed by atoms with van der Waals surface area (Å²) >= 11 is 5.69. The van der Waals surface area contributed by atoms with Crippen molar-refractivity contribution >= 4 is 17.6 Å². The number of aryl methyl sites for hydroxylation is 1. The van der Waals surface area contributed by atoms with E-state index in [2.05, 4.69) is 0 Å². The first-order valence-corrected chi connectivity index (χ1v) is 4.28. The Morgan fingerprint density at radius 3 is 2.69 bits per heavy atom. The fraction of sp³-hybridized carbons (Fsp3) is 0.500. The van der Waals surface area contributed by atoms with E-state index in [1.807, 2.05) is 0 Å². The molecule has 1 aromatic rings. The molecule has 0 aliphatic carbocycles. The summed E-state index contributed by atoms with van der Waals surface area (Å²) in [5.41, 5.74) is 0.953. The van der Waals surface area contributed by atoms with Crippen molar-refractivity contribution in [1.82, 2.24) is 0 Å². The highest BCUT2D eigenvalue weighted by Crippen LogP contribution is 2.18. The lowest BCUT2D eigenvalue weighted by Crippen LogP contribution is -2.28. The van der Waals surface area contributed by atoms with Crippen molar-refractivity contribution in [1.29, 1.82) is 0 Å². The molecule has 5 heteroatoms. The second kappa shape index (κ2) is 3.79. The summed E-state index contributed by atoms with van der Waals surface area (Å²) in [6.07, 6.45) is 0. The van der Waals surface area contributed by atoms with Gasteiger partial charge in [-0.3, -0.25) is 0 Å². The zero-order valence-corrected chi connectivity index (χ0v) is 8.51. The minimum absolute atomic E-state index is 0.0680. The van der Waals surface area contributed by atoms with Gasteiger partial charge in [0.15, 0.2) is 12.6 Å². The van der Waals surface area contributed by atoms with Gasteiger partial charge in [-0.25, -0.2) is 9.32 Å². The Labute approximate surface area is 81.0 Å². The van der Waals surface area contributed by atoms with E-state index in [4.69, 9.17) is 20.9 Å². The number of rotatable bonds is 2. The third-order valence-corrected chi connectivity index (χ3v) is 1.99. The first kappa shape index (κ1) is 10.1. The molecule has 0 spiro atoms. The molecule has 0 fully saturated rings. The summed E-state index contributed by atoms with van der Waals surface area (Å²) in [5, 5.41) is 0.0680. The largest absolute Gasteiger partial charge is 0.462 e. The van der Waals surface area contributed by atoms with E-state index in [0.717, 1.165) is 0 Å². The number of nitrogens with zero attached hydrogens (tertiary/aromatic N) is 1. The second-order valence-corrected chi connectivity index (χ2v) is 2.89. The molecule has 0 bridgehead atoms. The highest BCUT2D eigenvalue weighted by Gasteiger charge is 2.27. The maximum Gasteiger partial charge on any atom is 0.349 e. The lowest BCUT2D eigenvalue weighted by molar-refractivity contribution is -0.849. The van der Waals surface area contributed by atoms with Gasteiger partial charge in [-0.1, -0.05) is 0 Å². The van der Waals surface area contributed by atoms with Crippen LogP contribution >= 0.6 is 11.6 Å². The minimum Gasteiger partial charge on any atom is -0.462 e. The van der Waals surface area contributed by atoms with Gasteiger partial charge in [-0.15, -0.1) is 0 Å². The number of esters is 1. The van der Waals surface area contributed by atoms with Gasteiger partial charge in [0.2, 0.25) is 5.69 Å². The van der Waals surface area contributed by atoms with Gasteiger partial charge in [0, 0.05) is 6.92 Å². The molecule has 0 saturated heterocycles. The van der Waals surface area contributed by atoms with Crippen LogP contribution in [0.25, 0.3) is 0 Å². The van der Waals surface area contributed by atoms with Crippen LogP contribution in [0.4, 0.5) is 0 Å². The van der Waals surface area contributed by atoms with Gasteiger partial charge >= 0.3 is 5.97 Å². The van der Waals surface area contributed by atoms with Crippen LogP contribution in [0.15, 0.2) is 4.52 Å². The summed E-state index contributed by atoms with van der Waals surface area (Å²) in [5.74, 6) is -0.450. The van der Waals surface area contributed by atoms with Crippen LogP contribution in [0.3, 0.4) is 0 Å². The average Bonchev–Trinajstić information content (AvgIpc) is 2.27. The van der Waals surface area contributed by atoms with E-state index in [1.165, 1.54) is 4.74 Å². The molecular weight excluding hydrogens is 194 g/mol. The molecular formula is C8H11ClNO3+. The SMILES string of the molecule is CCOC(=O)c1c(Cl)o[n+](C)c1C. The van der Waals surface area contributed by atoms with Crippen LogP contribution in [-0.4, -0.2) is 12.6 Å². The summed E-state index contributed by atoms with van der Waals surface area (Å²) < 4.78 is 11.2. The Bertz CT molecular complexity index is 332. The van der Waals surface area contributed by atoms with Crippen LogP contribution in [0.2, 0.25) is 5.22 Å². The quantitative estimate of drug-likeness (QED) is 0.538. The van der Waals surface area contributed by atoms with E-state index >= 15 is 0 Å². The molecule has 0 aliphatic heterocycles. The van der Waals surface area contributed by atoms with Crippen molar-refractivity contribution in [3.8, 4) is 0 Å². The predicted molar refractivity (Wildman–Crippen MR) is 45.6 cm³/mol. The van der Waals surface area contributed by atoms with E-state index in [1.54, 1.807) is 20.9 Å². The number of carbonyl (C=O) groups is 1. The first-order valence-electron chi connectivity index (χ1n) is 3.90. The molecule has 0 N–H and O–H groups in total. The number of halogens is 1. The molecule has 0 aromatic carbocycles. The van der Waals surface area contributed by atoms with Crippen molar-refractivity contribution in [2.24, 2.45) is 7.05 Å². The van der Waals surface area contributed by atoms with E-state index in [0.29, 0.717) is 17.9 Å². The monoisotopic (exact) mass is 204 g/mol. The predicted octanol–water partition coefficient (Wildman–Crippen LogP) is 1.24. The van der Waals surface area contributed by atoms with Gasteiger partial charge in [-0.05, 0) is 23.3 Å². The summed E-state index contributed by atoms with van der Waals surface area (Å²) in [6, 6.07) is 0. The fourth-order valence-electron chi connectivity index (χ4n) is 0.965. The lowest BCUT2D eigenvalue weighted by Gasteiger charge is -1.96. The van der Waals surface area contributed by atoms with E-state index in [9.17, 15) is 4.79 Å². The number of hydrogen-bond acceptors (Lipinski definition) is 3. The Balaban J connectivity index is 3.06. The van der Waals surface area contributed by atoms with Crippen LogP contribution < -0.4 is 4.74 Å². The van der Waals surface area contributed by atoms with Crippen molar-refractivity contribution < 1.29 is 18.8 Å². The van der Waals surface area contributed by atoms with Gasteiger partial charge < -0.3 is 4.74 Å². The maximum atomic E-state index is 11.3. The van der Waals surface area contributed by atoms with Crippen molar-refractivity contribution in [2.45, 2.75) is 13.8 Å². The van der Waals surface area contributed by atoms with Crippen LogP contribution in [0, 0.1) is 6.92 Å². The molecule has 4 nitrogen and oxygen atoms in total. The topological polar surface area (TPSA) is 43.3 Å². The van der Waals surface area contributed by atoms with Crippen molar-refractivity contribution in [3.05, 3.63) is 16.5 Å². The molecule has 1 rings (SSSR count). The van der Waals surface area contributed by atoms with Gasteiger partial charge in [0.05, 0.1) is 6.61 Å². The highest BCUT2D eigenvalue weighted by atomic mass is 35.5. The Hall–Kier alpha value is -1.03. The van der Waals surface area contributed by atoms with Crippen molar-refractivity contribution in [3.63, 3.8) is 0 Å². The zero-order valence-electron chi connectivity index (χ0n) is 7.76. The summed E-state index contributed by atoms with van der Waals surface area (Å²) in [4.78, 5) is 11.3. The molecule has 0 atom stereocenters. The number of carbonyl (C=O) groups excluding carboxylic acids is 1. The first-order chi connectivity index (χ1) is 6.07. The zero-order chi connectivity index (χ0) is 10.0. The maximum absolute atomic E-state index is 11.3. The van der Waals surface area contributed by atoms with Gasteiger partial charge in [-0.2, -0.15) is 0 Å². The molecule has 0 aliphatic rings. The lowest BCUT2D eigenvalue weighted by atomic mass is 10.3. The summed E-state index contributed by atoms with van der Waals surface area (Å²) in [6.45, 7) is 3.80. The Kier molecular flexibility index (Phi) is 2.93. The molecule has 0 saturated carbocycles. The minimum atomic E-state index is -0.450. The second-order valence-electron chi connectivity index (χ2n) is 2.54. The van der Waals surface area contributed by atoms with Crippen LogP contribution in [0.1, 0.15) is 23.0 Å². The van der Waals surface area contributed by atoms with Gasteiger partial charge in [0.1, 0.15) is 0 Å². The van der Waals surface area contributed by atoms with Crippen LogP contribution in [0.5, 0.6) is 0 Å². The number of hydrogen-bond donors (Lipinski definition) is 0. The molecule has 0 radical (unpaired) electrons. The summed E-state index contributed by atoms with van der Waals surface area (Å²) in [7, 11) is 1.67. The molecule has 1 heterocycles. The van der Waals surface area contributed by atoms with E-state index < -0.39 is 5.97 Å². The van der Waals surface area contributed by atoms with E-state index in [-0.39, 0.29) is 5.22 Å².